The van der Waals surface area contributed by atoms with Crippen LogP contribution in [0.25, 0.3) is 0 Å². The number of nitrogens with one attached hydrogen (secondary N) is 3. The van der Waals surface area contributed by atoms with Gasteiger partial charge in [0.1, 0.15) is 0 Å². The lowest BCUT2D eigenvalue weighted by molar-refractivity contribution is -0.139. The molecule has 12 heteroatoms. The second kappa shape index (κ2) is 15.1. The zero-order valence-electron chi connectivity index (χ0n) is 23.1. The Balaban J connectivity index is 1.47. The molecular weight excluding hydrogens is 552 g/mol. The molecule has 0 spiro atoms. The summed E-state index contributed by atoms with van der Waals surface area (Å²) < 4.78 is 21.4. The Labute approximate surface area is 242 Å². The van der Waals surface area contributed by atoms with E-state index in [1.807, 2.05) is 13.0 Å². The highest BCUT2D eigenvalue weighted by Gasteiger charge is 2.13. The first-order chi connectivity index (χ1) is 19.7. The lowest BCUT2D eigenvalue weighted by Gasteiger charge is -2.12. The molecule has 0 aliphatic heterocycles. The number of aryl methyl sites for hydroxylation is 1. The van der Waals surface area contributed by atoms with Gasteiger partial charge in [0.05, 0.1) is 27.5 Å². The Morgan fingerprint density at radius 3 is 2.29 bits per heavy atom. The Hall–Kier alpha value is -4.77. The zero-order valence-corrected chi connectivity index (χ0v) is 23.8. The number of nitrogens with zero attached hydrogens (tertiary/aromatic N) is 1. The van der Waals surface area contributed by atoms with E-state index in [9.17, 15) is 14.4 Å². The zero-order chi connectivity index (χ0) is 29.8. The minimum atomic E-state index is -0.915. The molecule has 0 saturated carbocycles. The number of amides is 3. The van der Waals surface area contributed by atoms with Crippen LogP contribution in [0.2, 0.25) is 5.02 Å². The smallest absolute Gasteiger partial charge is 0.329 e. The van der Waals surface area contributed by atoms with E-state index in [1.54, 1.807) is 62.8 Å². The summed E-state index contributed by atoms with van der Waals surface area (Å²) in [4.78, 5) is 36.5. The van der Waals surface area contributed by atoms with Crippen molar-refractivity contribution in [2.24, 2.45) is 5.10 Å². The number of methoxy groups -OCH3 is 3. The molecule has 3 aromatic carbocycles. The first-order valence-electron chi connectivity index (χ1n) is 12.4. The molecule has 3 amide bonds. The normalized spacial score (nSPS) is 10.6. The maximum atomic E-state index is 12.3. The maximum absolute atomic E-state index is 12.3. The molecule has 0 atom stereocenters. The second-order valence-corrected chi connectivity index (χ2v) is 9.04. The molecule has 11 nitrogen and oxygen atoms in total. The number of carbonyl (C=O) groups excluding carboxylic acids is 3. The Morgan fingerprint density at radius 1 is 0.854 bits per heavy atom. The van der Waals surface area contributed by atoms with Gasteiger partial charge >= 0.3 is 11.8 Å². The largest absolute Gasteiger partial charge is 0.493 e. The van der Waals surface area contributed by atoms with Crippen molar-refractivity contribution in [2.45, 2.75) is 13.3 Å². The molecule has 0 aliphatic rings. The van der Waals surface area contributed by atoms with Crippen molar-refractivity contribution in [1.82, 2.24) is 10.7 Å². The number of benzene rings is 3. The van der Waals surface area contributed by atoms with Gasteiger partial charge < -0.3 is 29.6 Å². The summed E-state index contributed by atoms with van der Waals surface area (Å²) in [7, 11) is 4.54. The predicted octanol–water partition coefficient (Wildman–Crippen LogP) is 3.50. The van der Waals surface area contributed by atoms with Crippen molar-refractivity contribution in [3.63, 3.8) is 0 Å². The van der Waals surface area contributed by atoms with Gasteiger partial charge in [-0.15, -0.1) is 0 Å². The summed E-state index contributed by atoms with van der Waals surface area (Å²) in [5.41, 5.74) is 5.10. The van der Waals surface area contributed by atoms with Crippen LogP contribution in [0.3, 0.4) is 0 Å². The second-order valence-electron chi connectivity index (χ2n) is 8.60. The maximum Gasteiger partial charge on any atom is 0.329 e. The van der Waals surface area contributed by atoms with Crippen molar-refractivity contribution >= 4 is 41.2 Å². The van der Waals surface area contributed by atoms with Crippen LogP contribution in [0.15, 0.2) is 59.7 Å². The van der Waals surface area contributed by atoms with E-state index in [0.717, 1.165) is 11.1 Å². The molecule has 216 valence electrons. The van der Waals surface area contributed by atoms with Gasteiger partial charge in [-0.1, -0.05) is 23.7 Å². The van der Waals surface area contributed by atoms with Crippen LogP contribution in [0.5, 0.6) is 23.0 Å². The van der Waals surface area contributed by atoms with E-state index >= 15 is 0 Å². The van der Waals surface area contributed by atoms with Gasteiger partial charge in [0, 0.05) is 17.3 Å². The van der Waals surface area contributed by atoms with Gasteiger partial charge in [-0.2, -0.15) is 5.10 Å². The Kier molecular flexibility index (Phi) is 11.4. The molecule has 0 unspecified atom stereocenters. The fourth-order valence-electron chi connectivity index (χ4n) is 3.60. The topological polar surface area (TPSA) is 137 Å². The van der Waals surface area contributed by atoms with Gasteiger partial charge in [-0.25, -0.2) is 5.43 Å². The van der Waals surface area contributed by atoms with Crippen LogP contribution >= 0.6 is 11.6 Å². The molecule has 3 N–H and O–H groups in total. The molecular formula is C29H31ClN4O7. The van der Waals surface area contributed by atoms with Crippen molar-refractivity contribution in [3.8, 4) is 23.0 Å². The highest BCUT2D eigenvalue weighted by Crippen LogP contribution is 2.28. The summed E-state index contributed by atoms with van der Waals surface area (Å²) in [6, 6.07) is 15.5. The van der Waals surface area contributed by atoms with Crippen molar-refractivity contribution < 1.29 is 33.3 Å². The number of ether oxygens (including phenoxy) is 4. The van der Waals surface area contributed by atoms with Crippen LogP contribution < -0.4 is 35.0 Å². The minimum Gasteiger partial charge on any atom is -0.493 e. The van der Waals surface area contributed by atoms with Crippen molar-refractivity contribution in [3.05, 3.63) is 76.3 Å². The number of rotatable bonds is 12. The first kappa shape index (κ1) is 30.8. The number of carbonyl (C=O) groups is 3. The molecule has 0 bridgehead atoms. The lowest BCUT2D eigenvalue weighted by atomic mass is 10.1. The summed E-state index contributed by atoms with van der Waals surface area (Å²) in [5, 5.41) is 9.63. The molecule has 0 heterocycles. The predicted molar refractivity (Wildman–Crippen MR) is 155 cm³/mol. The van der Waals surface area contributed by atoms with Crippen molar-refractivity contribution in [2.75, 3.05) is 39.8 Å². The van der Waals surface area contributed by atoms with Gasteiger partial charge in [-0.3, -0.25) is 14.4 Å². The van der Waals surface area contributed by atoms with Crippen LogP contribution in [-0.2, 0) is 20.8 Å². The highest BCUT2D eigenvalue weighted by molar-refractivity contribution is 6.35. The average Bonchev–Trinajstić information content (AvgIpc) is 2.97. The molecule has 0 aliphatic carbocycles. The van der Waals surface area contributed by atoms with Crippen LogP contribution in [0.1, 0.15) is 16.7 Å². The molecule has 0 aromatic heterocycles. The van der Waals surface area contributed by atoms with E-state index in [1.165, 1.54) is 13.3 Å². The van der Waals surface area contributed by atoms with Crippen LogP contribution in [-0.4, -0.2) is 58.4 Å². The van der Waals surface area contributed by atoms with Gasteiger partial charge in [0.15, 0.2) is 29.6 Å². The third kappa shape index (κ3) is 9.14. The minimum absolute atomic E-state index is 0.237. The SMILES string of the molecule is COc1ccc(CCNC(=O)C(=O)N/N=C\c2ccc(OCC(=O)Nc3cc(Cl)ccc3C)c(OC)c2)cc1OC. The third-order valence-corrected chi connectivity index (χ3v) is 5.99. The summed E-state index contributed by atoms with van der Waals surface area (Å²) in [6.45, 7) is 1.83. The van der Waals surface area contributed by atoms with E-state index in [4.69, 9.17) is 30.5 Å². The molecule has 0 fully saturated rings. The molecule has 0 saturated heterocycles. The fraction of sp³-hybridized carbons (Fsp3) is 0.241. The molecule has 3 rings (SSSR count). The average molecular weight is 583 g/mol. The van der Waals surface area contributed by atoms with Gasteiger partial charge in [-0.05, 0) is 72.5 Å². The van der Waals surface area contributed by atoms with E-state index in [2.05, 4.69) is 21.2 Å². The van der Waals surface area contributed by atoms with Crippen LogP contribution in [0.4, 0.5) is 5.69 Å². The molecule has 0 radical (unpaired) electrons. The summed E-state index contributed by atoms with van der Waals surface area (Å²) >= 11 is 5.99. The summed E-state index contributed by atoms with van der Waals surface area (Å²) in [6.07, 6.45) is 1.83. The number of halogens is 1. The molecule has 3 aromatic rings. The monoisotopic (exact) mass is 582 g/mol. The van der Waals surface area contributed by atoms with E-state index in [-0.39, 0.29) is 19.1 Å². The number of anilines is 1. The van der Waals surface area contributed by atoms with Gasteiger partial charge in [0.25, 0.3) is 5.91 Å². The number of hydrazone groups is 1. The number of hydrogen-bond acceptors (Lipinski definition) is 8. The first-order valence-corrected chi connectivity index (χ1v) is 12.8. The Morgan fingerprint density at radius 2 is 1.56 bits per heavy atom. The summed E-state index contributed by atoms with van der Waals surface area (Å²) in [5.74, 6) is -0.247. The molecule has 41 heavy (non-hydrogen) atoms. The number of hydrogen-bond donors (Lipinski definition) is 3. The fourth-order valence-corrected chi connectivity index (χ4v) is 3.77. The van der Waals surface area contributed by atoms with E-state index in [0.29, 0.717) is 45.7 Å². The lowest BCUT2D eigenvalue weighted by Crippen LogP contribution is -2.38. The third-order valence-electron chi connectivity index (χ3n) is 5.75. The van der Waals surface area contributed by atoms with Gasteiger partial charge in [0.2, 0.25) is 0 Å². The standard InChI is InChI=1S/C29H31ClN4O7/c1-18-5-8-21(30)15-22(18)33-27(35)17-41-24-10-7-20(14-26(24)40-4)16-32-34-29(37)28(36)31-12-11-19-6-9-23(38-2)25(13-19)39-3/h5-10,13-16H,11-12,17H2,1-4H3,(H,31,36)(H,33,35)(H,34,37)/b32-16-. The van der Waals surface area contributed by atoms with Crippen LogP contribution in [0, 0.1) is 6.92 Å². The van der Waals surface area contributed by atoms with E-state index < -0.39 is 11.8 Å². The highest BCUT2D eigenvalue weighted by atomic mass is 35.5. The van der Waals surface area contributed by atoms with Crippen molar-refractivity contribution in [1.29, 1.82) is 0 Å². The Bertz CT molecular complexity index is 1430. The quantitative estimate of drug-likeness (QED) is 0.169.